The molecule has 0 radical (unpaired) electrons. The zero-order valence-corrected chi connectivity index (χ0v) is 18.5. The van der Waals surface area contributed by atoms with Gasteiger partial charge in [-0.15, -0.1) is 11.3 Å². The molecule has 0 fully saturated rings. The molecule has 1 aromatic carbocycles. The average molecular weight is 459 g/mol. The predicted octanol–water partition coefficient (Wildman–Crippen LogP) is 1.73. The molecule has 3 aromatic rings. The molecule has 0 saturated carbocycles. The molecule has 10 nitrogen and oxygen atoms in total. The van der Waals surface area contributed by atoms with Gasteiger partial charge in [-0.05, 0) is 38.5 Å². The molecular formula is C21H21N3O7S. The number of rotatable bonds is 7. The predicted molar refractivity (Wildman–Crippen MR) is 118 cm³/mol. The van der Waals surface area contributed by atoms with E-state index in [0.29, 0.717) is 10.6 Å². The van der Waals surface area contributed by atoms with Gasteiger partial charge in [-0.1, -0.05) is 12.1 Å². The third kappa shape index (κ3) is 4.78. The molecule has 0 aliphatic rings. The second-order valence-electron chi connectivity index (χ2n) is 6.79. The standard InChI is InChI=1S/C21H21N3O7S/c1-4-30-21(29)17-11(2)12(3)32-19(17)22-15(25)10-31-16(26)9-24-20(28)14-8-6-5-7-13(14)18(27)23-24/h5-8H,4,9-10H2,1-3H3,(H,22,25)(H,23,27). The summed E-state index contributed by atoms with van der Waals surface area (Å²) in [6.45, 7) is 4.21. The van der Waals surface area contributed by atoms with E-state index in [1.165, 1.54) is 23.5 Å². The fourth-order valence-electron chi connectivity index (χ4n) is 3.01. The van der Waals surface area contributed by atoms with Crippen LogP contribution in [-0.4, -0.2) is 40.8 Å². The third-order valence-electron chi connectivity index (χ3n) is 4.65. The Morgan fingerprint density at radius 1 is 1.09 bits per heavy atom. The van der Waals surface area contributed by atoms with Gasteiger partial charge in [0, 0.05) is 4.88 Å². The van der Waals surface area contributed by atoms with Crippen LogP contribution in [0.3, 0.4) is 0 Å². The molecular weight excluding hydrogens is 438 g/mol. The van der Waals surface area contributed by atoms with E-state index in [2.05, 4.69) is 10.4 Å². The second kappa shape index (κ2) is 9.60. The van der Waals surface area contributed by atoms with Crippen molar-refractivity contribution in [3.05, 3.63) is 61.0 Å². The number of thiophene rings is 1. The van der Waals surface area contributed by atoms with Crippen LogP contribution in [0, 0.1) is 13.8 Å². The Bertz CT molecular complexity index is 1320. The van der Waals surface area contributed by atoms with E-state index in [9.17, 15) is 24.0 Å². The van der Waals surface area contributed by atoms with E-state index in [1.807, 2.05) is 0 Å². The number of hydrogen-bond donors (Lipinski definition) is 2. The summed E-state index contributed by atoms with van der Waals surface area (Å²) in [4.78, 5) is 62.0. The number of aromatic nitrogens is 2. The number of anilines is 1. The molecule has 3 rings (SSSR count). The van der Waals surface area contributed by atoms with Crippen molar-refractivity contribution in [1.29, 1.82) is 0 Å². The molecule has 0 saturated heterocycles. The highest BCUT2D eigenvalue weighted by atomic mass is 32.1. The molecule has 0 aliphatic heterocycles. The number of aryl methyl sites for hydroxylation is 1. The number of carbonyl (C=O) groups excluding carboxylic acids is 3. The minimum absolute atomic E-state index is 0.164. The lowest BCUT2D eigenvalue weighted by Crippen LogP contribution is -2.33. The number of hydrogen-bond acceptors (Lipinski definition) is 8. The number of nitrogens with zero attached hydrogens (tertiary/aromatic N) is 1. The molecule has 1 amide bonds. The first-order chi connectivity index (χ1) is 15.2. The lowest BCUT2D eigenvalue weighted by Gasteiger charge is -2.09. The van der Waals surface area contributed by atoms with Crippen LogP contribution >= 0.6 is 11.3 Å². The van der Waals surface area contributed by atoms with Crippen LogP contribution in [0.2, 0.25) is 0 Å². The lowest BCUT2D eigenvalue weighted by molar-refractivity contribution is -0.148. The Balaban J connectivity index is 1.66. The topological polar surface area (TPSA) is 137 Å². The Hall–Kier alpha value is -3.73. The second-order valence-corrected chi connectivity index (χ2v) is 8.02. The van der Waals surface area contributed by atoms with Crippen molar-refractivity contribution in [2.75, 3.05) is 18.5 Å². The summed E-state index contributed by atoms with van der Waals surface area (Å²) < 4.78 is 10.8. The minimum atomic E-state index is -0.891. The number of amides is 1. The first-order valence-electron chi connectivity index (χ1n) is 9.67. The molecule has 0 aliphatic carbocycles. The van der Waals surface area contributed by atoms with Crippen LogP contribution in [0.15, 0.2) is 33.9 Å². The van der Waals surface area contributed by atoms with Gasteiger partial charge in [0.15, 0.2) is 6.61 Å². The van der Waals surface area contributed by atoms with Gasteiger partial charge >= 0.3 is 11.9 Å². The normalized spacial score (nSPS) is 10.7. The van der Waals surface area contributed by atoms with Crippen LogP contribution in [0.5, 0.6) is 0 Å². The van der Waals surface area contributed by atoms with Crippen molar-refractivity contribution in [1.82, 2.24) is 9.78 Å². The summed E-state index contributed by atoms with van der Waals surface area (Å²) in [6, 6.07) is 6.21. The Labute approximate surface area is 185 Å². The highest BCUT2D eigenvalue weighted by molar-refractivity contribution is 7.16. The number of fused-ring (bicyclic) bond motifs is 1. The van der Waals surface area contributed by atoms with Crippen LogP contribution in [-0.2, 0) is 25.6 Å². The van der Waals surface area contributed by atoms with Crippen molar-refractivity contribution >= 4 is 45.0 Å². The Morgan fingerprint density at radius 2 is 1.78 bits per heavy atom. The lowest BCUT2D eigenvalue weighted by atomic mass is 10.1. The number of esters is 2. The average Bonchev–Trinajstić information content (AvgIpc) is 3.03. The highest BCUT2D eigenvalue weighted by Gasteiger charge is 2.22. The first kappa shape index (κ1) is 22.9. The van der Waals surface area contributed by atoms with E-state index in [1.54, 1.807) is 32.9 Å². The van der Waals surface area contributed by atoms with Gasteiger partial charge in [0.1, 0.15) is 11.5 Å². The maximum absolute atomic E-state index is 12.4. The molecule has 0 spiro atoms. The monoisotopic (exact) mass is 459 g/mol. The van der Waals surface area contributed by atoms with Crippen LogP contribution in [0.1, 0.15) is 27.7 Å². The molecule has 2 N–H and O–H groups in total. The summed E-state index contributed by atoms with van der Waals surface area (Å²) in [7, 11) is 0. The van der Waals surface area contributed by atoms with Crippen LogP contribution < -0.4 is 16.4 Å². The summed E-state index contributed by atoms with van der Waals surface area (Å²) in [5.74, 6) is -2.11. The fraction of sp³-hybridized carbons (Fsp3) is 0.286. The fourth-order valence-corrected chi connectivity index (χ4v) is 4.07. The molecule has 11 heteroatoms. The summed E-state index contributed by atoms with van der Waals surface area (Å²) in [5.41, 5.74) is -0.138. The van der Waals surface area contributed by atoms with Crippen molar-refractivity contribution < 1.29 is 23.9 Å². The van der Waals surface area contributed by atoms with Gasteiger partial charge in [-0.3, -0.25) is 24.3 Å². The number of benzene rings is 1. The molecule has 0 atom stereocenters. The zero-order valence-electron chi connectivity index (χ0n) is 17.6. The number of ether oxygens (including phenoxy) is 2. The van der Waals surface area contributed by atoms with Gasteiger partial charge in [0.05, 0.1) is 22.9 Å². The van der Waals surface area contributed by atoms with Crippen molar-refractivity contribution in [3.8, 4) is 0 Å². The third-order valence-corrected chi connectivity index (χ3v) is 5.78. The molecule has 0 bridgehead atoms. The van der Waals surface area contributed by atoms with E-state index >= 15 is 0 Å². The van der Waals surface area contributed by atoms with E-state index < -0.39 is 42.1 Å². The largest absolute Gasteiger partial charge is 0.462 e. The molecule has 2 heterocycles. The number of H-pyrrole nitrogens is 1. The van der Waals surface area contributed by atoms with Gasteiger partial charge < -0.3 is 14.8 Å². The van der Waals surface area contributed by atoms with Crippen molar-refractivity contribution in [2.45, 2.75) is 27.3 Å². The van der Waals surface area contributed by atoms with Crippen LogP contribution in [0.25, 0.3) is 10.8 Å². The quantitative estimate of drug-likeness (QED) is 0.513. The number of carbonyl (C=O) groups is 3. The highest BCUT2D eigenvalue weighted by Crippen LogP contribution is 2.33. The van der Waals surface area contributed by atoms with Gasteiger partial charge in [0.25, 0.3) is 17.0 Å². The zero-order chi connectivity index (χ0) is 23.4. The maximum atomic E-state index is 12.4. The van der Waals surface area contributed by atoms with E-state index in [4.69, 9.17) is 9.47 Å². The van der Waals surface area contributed by atoms with Crippen LogP contribution in [0.4, 0.5) is 5.00 Å². The Morgan fingerprint density at radius 3 is 2.47 bits per heavy atom. The van der Waals surface area contributed by atoms with E-state index in [-0.39, 0.29) is 22.9 Å². The summed E-state index contributed by atoms with van der Waals surface area (Å²) in [5, 5.41) is 5.54. The SMILES string of the molecule is CCOC(=O)c1c(NC(=O)COC(=O)Cn2[nH]c(=O)c3ccccc3c2=O)sc(C)c1C. The minimum Gasteiger partial charge on any atom is -0.462 e. The number of nitrogens with one attached hydrogen (secondary N) is 2. The Kier molecular flexibility index (Phi) is 6.89. The molecule has 2 aromatic heterocycles. The van der Waals surface area contributed by atoms with Crippen molar-refractivity contribution in [3.63, 3.8) is 0 Å². The molecule has 168 valence electrons. The number of aromatic amines is 1. The first-order valence-corrected chi connectivity index (χ1v) is 10.5. The van der Waals surface area contributed by atoms with E-state index in [0.717, 1.165) is 9.56 Å². The summed E-state index contributed by atoms with van der Waals surface area (Å²) >= 11 is 1.21. The maximum Gasteiger partial charge on any atom is 0.341 e. The summed E-state index contributed by atoms with van der Waals surface area (Å²) in [6.07, 6.45) is 0. The molecule has 32 heavy (non-hydrogen) atoms. The van der Waals surface area contributed by atoms with Crippen molar-refractivity contribution in [2.24, 2.45) is 0 Å². The van der Waals surface area contributed by atoms with Gasteiger partial charge in [0.2, 0.25) is 0 Å². The van der Waals surface area contributed by atoms with Gasteiger partial charge in [-0.25, -0.2) is 9.48 Å². The smallest absolute Gasteiger partial charge is 0.341 e. The van der Waals surface area contributed by atoms with Gasteiger partial charge in [-0.2, -0.15) is 0 Å². The molecule has 0 unspecified atom stereocenters.